The van der Waals surface area contributed by atoms with Crippen LogP contribution in [0.4, 0.5) is 0 Å². The summed E-state index contributed by atoms with van der Waals surface area (Å²) in [5.74, 6) is 0.631. The van der Waals surface area contributed by atoms with Crippen LogP contribution in [-0.4, -0.2) is 66.9 Å². The van der Waals surface area contributed by atoms with E-state index in [-0.39, 0.29) is 31.1 Å². The first-order valence-electron chi connectivity index (χ1n) is 19.0. The van der Waals surface area contributed by atoms with Gasteiger partial charge in [0.05, 0.1) is 13.2 Å². The molecule has 5 aromatic rings. The van der Waals surface area contributed by atoms with E-state index in [0.29, 0.717) is 5.75 Å². The van der Waals surface area contributed by atoms with Crippen molar-refractivity contribution in [3.05, 3.63) is 145 Å². The molecule has 0 spiro atoms. The normalized spacial score (nSPS) is 27.6. The van der Waals surface area contributed by atoms with Gasteiger partial charge in [0, 0.05) is 28.9 Å². The third-order valence-electron chi connectivity index (χ3n) is 8.45. The van der Waals surface area contributed by atoms with Gasteiger partial charge < -0.3 is 47.6 Å². The summed E-state index contributed by atoms with van der Waals surface area (Å²) in [6.45, 7) is -5.01. The Kier molecular flexibility index (Phi) is 16.6. The minimum Gasteiger partial charge on any atom is -0.508 e. The molecule has 2 aliphatic heterocycles. The van der Waals surface area contributed by atoms with Gasteiger partial charge in [0.1, 0.15) is 36.3 Å². The molecule has 0 fully saturated rings. The number of aryl methyl sites for hydroxylation is 1. The molecular formula is C38H46N6O10P6S3. The van der Waals surface area contributed by atoms with Gasteiger partial charge in [-0.1, -0.05) is 83.7 Å². The minimum absolute atomic E-state index is 0.0109. The van der Waals surface area contributed by atoms with Gasteiger partial charge in [-0.25, -0.2) is 0 Å². The zero-order valence-corrected chi connectivity index (χ0v) is 42.0. The van der Waals surface area contributed by atoms with Crippen LogP contribution in [0.2, 0.25) is 0 Å². The zero-order chi connectivity index (χ0) is 44.4. The lowest BCUT2D eigenvalue weighted by molar-refractivity contribution is 0.234. The Labute approximate surface area is 379 Å². The fourth-order valence-corrected chi connectivity index (χ4v) is 38.9. The maximum atomic E-state index is 11.3. The molecule has 0 aromatic heterocycles. The highest BCUT2D eigenvalue weighted by atomic mass is 32.8. The number of rotatable bonds is 20. The van der Waals surface area contributed by atoms with Crippen LogP contribution in [0.3, 0.4) is 0 Å². The van der Waals surface area contributed by atoms with E-state index < -0.39 is 54.9 Å². The van der Waals surface area contributed by atoms with Crippen molar-refractivity contribution in [3.8, 4) is 17.2 Å². The third kappa shape index (κ3) is 12.4. The molecule has 0 amide bonds. The molecule has 6 unspecified atom stereocenters. The molecule has 0 saturated heterocycles. The van der Waals surface area contributed by atoms with Crippen LogP contribution in [-0.2, 0) is 18.1 Å². The molecule has 2 aliphatic rings. The lowest BCUT2D eigenvalue weighted by Crippen LogP contribution is -2.08. The Hall–Kier alpha value is -2.35. The Morgan fingerprint density at radius 3 is 1.54 bits per heavy atom. The summed E-state index contributed by atoms with van der Waals surface area (Å²) < 4.78 is 68.8. The molecule has 0 aliphatic carbocycles. The van der Waals surface area contributed by atoms with Crippen LogP contribution >= 0.6 is 76.3 Å². The largest absolute Gasteiger partial charge is 0.508 e. The van der Waals surface area contributed by atoms with Gasteiger partial charge in [0.15, 0.2) is 6.41 Å². The average Bonchev–Trinajstić information content (AvgIpc) is 3.30. The number of nitrogens with zero attached hydrogens (tertiary/aromatic N) is 6. The van der Waals surface area contributed by atoms with Crippen molar-refractivity contribution in [2.75, 3.05) is 46.5 Å². The van der Waals surface area contributed by atoms with Gasteiger partial charge in [-0.15, -0.1) is 4.52 Å². The van der Waals surface area contributed by atoms with E-state index in [1.165, 1.54) is 65.5 Å². The van der Waals surface area contributed by atoms with Crippen molar-refractivity contribution in [2.24, 2.45) is 27.1 Å². The van der Waals surface area contributed by atoms with Crippen LogP contribution in [0.25, 0.3) is 0 Å². The second-order valence-electron chi connectivity index (χ2n) is 13.2. The molecule has 7 rings (SSSR count). The van der Waals surface area contributed by atoms with E-state index in [1.54, 1.807) is 19.2 Å². The molecule has 2 heterocycles. The molecule has 0 radical (unpaired) electrons. The molecule has 16 nitrogen and oxygen atoms in total. The van der Waals surface area contributed by atoms with E-state index in [2.05, 4.69) is 0 Å². The maximum Gasteiger partial charge on any atom is 0.399 e. The van der Waals surface area contributed by atoms with Gasteiger partial charge in [-0.05, 0) is 102 Å². The van der Waals surface area contributed by atoms with Crippen molar-refractivity contribution >= 4 is 76.3 Å². The third-order valence-corrected chi connectivity index (χ3v) is 36.2. The summed E-state index contributed by atoms with van der Waals surface area (Å²) in [6.07, 6.45) is -4.88. The monoisotopic (exact) mass is 1030 g/mol. The second-order valence-corrected chi connectivity index (χ2v) is 35.1. The predicted molar refractivity (Wildman–Crippen MR) is 261 cm³/mol. The topological polar surface area (TPSA) is 210 Å². The second kappa shape index (κ2) is 21.5. The number of benzene rings is 5. The number of phenolic OH excluding ortho intramolecular Hbond substituents is 1. The van der Waals surface area contributed by atoms with E-state index >= 15 is 0 Å². The standard InChI is InChI=1S/C38H46N6O10P6S3/c1-32-19-23-34(24-20-32)53-56(30-46)39-55(29-45,40-58(41-56,49-2)54-35-25-21-33(48)22-26-35)51-27-28-52-60(63-38-17-11-6-12-18-38)43-57(31-47,61-36-13-7-4-8-14-36)42-59(44-60,50-3)62-37-15-9-5-10-16-37/h4-26,45-48H,27-31H2,1-3H3. The van der Waals surface area contributed by atoms with Crippen LogP contribution in [0.15, 0.2) is 181 Å². The SMILES string of the molecule is COP1(Oc2ccc(O)cc2)=NP(CO)(Oc2ccc(C)cc2)=NP(CO)(OCCOP2(Sc3ccccc3)=NP(CO)(Sc3ccccc3)=NP(OC)(Sc3ccccc3)=N2)=N1. The molecule has 5 aromatic carbocycles. The van der Waals surface area contributed by atoms with E-state index in [4.69, 9.17) is 54.2 Å². The van der Waals surface area contributed by atoms with Crippen molar-refractivity contribution in [3.63, 3.8) is 0 Å². The van der Waals surface area contributed by atoms with Crippen LogP contribution in [0, 0.1) is 6.92 Å². The minimum atomic E-state index is -3.80. The predicted octanol–water partition coefficient (Wildman–Crippen LogP) is 14.7. The van der Waals surface area contributed by atoms with Crippen molar-refractivity contribution < 1.29 is 47.6 Å². The molecule has 0 bridgehead atoms. The maximum absolute atomic E-state index is 11.3. The number of aliphatic hydroxyl groups is 3. The van der Waals surface area contributed by atoms with E-state index in [9.17, 15) is 20.4 Å². The van der Waals surface area contributed by atoms with Crippen molar-refractivity contribution in [1.29, 1.82) is 0 Å². The number of aromatic hydroxyl groups is 1. The van der Waals surface area contributed by atoms with Gasteiger partial charge in [0.25, 0.3) is 20.7 Å². The summed E-state index contributed by atoms with van der Waals surface area (Å²) in [7, 11) is -8.29. The Morgan fingerprint density at radius 1 is 0.476 bits per heavy atom. The highest BCUT2D eigenvalue weighted by molar-refractivity contribution is 8.67. The summed E-state index contributed by atoms with van der Waals surface area (Å²) in [5.41, 5.74) is 0.984. The average molecular weight is 1030 g/mol. The van der Waals surface area contributed by atoms with Gasteiger partial charge >= 0.3 is 7.66 Å². The summed E-state index contributed by atoms with van der Waals surface area (Å²) >= 11 is 4.12. The molecule has 336 valence electrons. The van der Waals surface area contributed by atoms with Crippen LogP contribution in [0.5, 0.6) is 17.2 Å². The first-order valence-corrected chi connectivity index (χ1v) is 33.4. The van der Waals surface area contributed by atoms with Gasteiger partial charge in [-0.3, -0.25) is 0 Å². The smallest absolute Gasteiger partial charge is 0.399 e. The molecule has 25 heteroatoms. The molecular weight excluding hydrogens is 982 g/mol. The quantitative estimate of drug-likeness (QED) is 0.0423. The molecule has 0 saturated carbocycles. The van der Waals surface area contributed by atoms with Gasteiger partial charge in [0.2, 0.25) is 7.43 Å². The highest BCUT2D eigenvalue weighted by Gasteiger charge is 2.43. The van der Waals surface area contributed by atoms with Crippen LogP contribution < -0.4 is 9.05 Å². The van der Waals surface area contributed by atoms with E-state index in [0.717, 1.165) is 20.2 Å². The lowest BCUT2D eigenvalue weighted by atomic mass is 10.2. The summed E-state index contributed by atoms with van der Waals surface area (Å²) in [6, 6.07) is 42.0. The van der Waals surface area contributed by atoms with Gasteiger partial charge in [-0.2, -0.15) is 22.6 Å². The fourth-order valence-electron chi connectivity index (χ4n) is 5.62. The first kappa shape index (κ1) is 48.6. The number of hydrogen-bond donors (Lipinski definition) is 4. The molecule has 63 heavy (non-hydrogen) atoms. The number of hydrogen-bond acceptors (Lipinski definition) is 19. The number of aliphatic hydroxyl groups excluding tert-OH is 3. The van der Waals surface area contributed by atoms with Crippen LogP contribution in [0.1, 0.15) is 5.56 Å². The molecule has 4 N–H and O–H groups in total. The Bertz CT molecular complexity index is 2600. The summed E-state index contributed by atoms with van der Waals surface area (Å²) in [4.78, 5) is 2.56. The number of phenols is 1. The highest BCUT2D eigenvalue weighted by Crippen LogP contribution is 2.90. The van der Waals surface area contributed by atoms with E-state index in [1.807, 2.05) is 110 Å². The lowest BCUT2D eigenvalue weighted by Gasteiger charge is -2.34. The Balaban J connectivity index is 1.31. The summed E-state index contributed by atoms with van der Waals surface area (Å²) in [5, 5.41) is 43.6. The Morgan fingerprint density at radius 2 is 1.00 bits per heavy atom. The first-order chi connectivity index (χ1) is 30.4. The fraction of sp³-hybridized carbons (Fsp3) is 0.211. The van der Waals surface area contributed by atoms with Crippen molar-refractivity contribution in [1.82, 2.24) is 0 Å². The van der Waals surface area contributed by atoms with Crippen molar-refractivity contribution in [2.45, 2.75) is 21.6 Å². The molecule has 6 atom stereocenters. The zero-order valence-electron chi connectivity index (χ0n) is 34.1.